The van der Waals surface area contributed by atoms with Crippen LogP contribution in [0.1, 0.15) is 32.6 Å². The maximum atomic E-state index is 15.9. The molecule has 4 N–H and O–H groups in total. The van der Waals surface area contributed by atoms with Gasteiger partial charge in [0.2, 0.25) is 0 Å². The van der Waals surface area contributed by atoms with Crippen LogP contribution in [0.3, 0.4) is 0 Å². The number of ether oxygens (including phenoxy) is 2. The summed E-state index contributed by atoms with van der Waals surface area (Å²) in [5.41, 5.74) is 1.20. The Morgan fingerprint density at radius 2 is 2.11 bits per heavy atom. The standard InChI is InChI=1S/C20H36FN5O2/c1-12-9-16(22-2)25-20(23-12)24-14-10-15-19(28-11-27-15)17(18(14)21)13-5-4-7-26(3)8-6-13/h6,12,14-20,22-25H,4-5,7-11H2,1-3H3. The predicted octanol–water partition coefficient (Wildman–Crippen LogP) is 0.497. The van der Waals surface area contributed by atoms with E-state index in [4.69, 9.17) is 9.47 Å². The Labute approximate surface area is 167 Å². The molecule has 4 aliphatic rings. The number of fused-ring (bicyclic) bond motifs is 1. The SMILES string of the molecule is CNC1CC(C)NC(NC2CC3OCOC3C(C3=CCN(C)CCC3)C2F)N1. The molecule has 1 saturated carbocycles. The van der Waals surface area contributed by atoms with Crippen molar-refractivity contribution in [2.75, 3.05) is 34.0 Å². The van der Waals surface area contributed by atoms with E-state index in [1.807, 2.05) is 7.05 Å². The topological polar surface area (TPSA) is 69.8 Å². The number of likely N-dealkylation sites (N-methyl/N-ethyl adjacent to an activating group) is 1. The zero-order valence-electron chi connectivity index (χ0n) is 17.3. The Kier molecular flexibility index (Phi) is 6.67. The average Bonchev–Trinajstić information content (AvgIpc) is 3.02. The third kappa shape index (κ3) is 4.43. The Morgan fingerprint density at radius 3 is 2.93 bits per heavy atom. The molecule has 0 aromatic carbocycles. The highest BCUT2D eigenvalue weighted by Gasteiger charge is 2.50. The van der Waals surface area contributed by atoms with Gasteiger partial charge in [0.05, 0.1) is 18.4 Å². The summed E-state index contributed by atoms with van der Waals surface area (Å²) in [5.74, 6) is -0.230. The Balaban J connectivity index is 1.49. The van der Waals surface area contributed by atoms with Crippen molar-refractivity contribution in [2.45, 2.75) is 75.5 Å². The molecular formula is C20H36FN5O2. The van der Waals surface area contributed by atoms with Gasteiger partial charge in [-0.3, -0.25) is 16.0 Å². The van der Waals surface area contributed by atoms with Gasteiger partial charge < -0.3 is 19.7 Å². The van der Waals surface area contributed by atoms with Crippen LogP contribution in [-0.4, -0.2) is 81.8 Å². The fourth-order valence-corrected chi connectivity index (χ4v) is 5.19. The monoisotopic (exact) mass is 397 g/mol. The number of hydrogen-bond acceptors (Lipinski definition) is 7. The molecule has 28 heavy (non-hydrogen) atoms. The molecule has 0 aromatic rings. The average molecular weight is 398 g/mol. The molecule has 8 atom stereocenters. The normalized spacial score (nSPS) is 45.4. The smallest absolute Gasteiger partial charge is 0.147 e. The minimum atomic E-state index is -0.994. The van der Waals surface area contributed by atoms with Crippen LogP contribution >= 0.6 is 0 Å². The number of rotatable bonds is 4. The molecule has 0 spiro atoms. The van der Waals surface area contributed by atoms with E-state index in [2.05, 4.69) is 46.2 Å². The van der Waals surface area contributed by atoms with Crippen molar-refractivity contribution in [3.05, 3.63) is 11.6 Å². The number of nitrogens with zero attached hydrogens (tertiary/aromatic N) is 1. The molecule has 0 radical (unpaired) electrons. The molecule has 160 valence electrons. The Bertz CT molecular complexity index is 565. The van der Waals surface area contributed by atoms with Gasteiger partial charge in [-0.15, -0.1) is 0 Å². The summed E-state index contributed by atoms with van der Waals surface area (Å²) in [5, 5.41) is 13.7. The Morgan fingerprint density at radius 1 is 1.25 bits per heavy atom. The van der Waals surface area contributed by atoms with Gasteiger partial charge in [0.15, 0.2) is 0 Å². The molecule has 4 rings (SSSR count). The lowest BCUT2D eigenvalue weighted by Crippen LogP contribution is -2.69. The van der Waals surface area contributed by atoms with E-state index < -0.39 is 6.17 Å². The lowest BCUT2D eigenvalue weighted by Gasteiger charge is -2.44. The number of alkyl halides is 1. The van der Waals surface area contributed by atoms with Crippen molar-refractivity contribution in [2.24, 2.45) is 5.92 Å². The first-order valence-corrected chi connectivity index (χ1v) is 10.8. The largest absolute Gasteiger partial charge is 0.349 e. The third-order valence-corrected chi connectivity index (χ3v) is 6.71. The predicted molar refractivity (Wildman–Crippen MR) is 106 cm³/mol. The van der Waals surface area contributed by atoms with Gasteiger partial charge >= 0.3 is 0 Å². The number of hydrogen-bond donors (Lipinski definition) is 4. The van der Waals surface area contributed by atoms with E-state index in [0.29, 0.717) is 12.5 Å². The minimum Gasteiger partial charge on any atom is -0.349 e. The van der Waals surface area contributed by atoms with Crippen molar-refractivity contribution in [1.82, 2.24) is 26.2 Å². The number of nitrogens with one attached hydrogen (secondary N) is 4. The highest BCUT2D eigenvalue weighted by molar-refractivity contribution is 5.18. The quantitative estimate of drug-likeness (QED) is 0.515. The molecule has 0 bridgehead atoms. The molecule has 2 saturated heterocycles. The van der Waals surface area contributed by atoms with Gasteiger partial charge in [-0.1, -0.05) is 11.6 Å². The van der Waals surface area contributed by atoms with E-state index in [1.54, 1.807) is 0 Å². The molecule has 3 aliphatic heterocycles. The first-order chi connectivity index (χ1) is 13.5. The van der Waals surface area contributed by atoms with E-state index in [0.717, 1.165) is 32.4 Å². The van der Waals surface area contributed by atoms with Crippen molar-refractivity contribution in [3.8, 4) is 0 Å². The molecule has 3 fully saturated rings. The highest BCUT2D eigenvalue weighted by atomic mass is 19.1. The zero-order valence-corrected chi connectivity index (χ0v) is 17.3. The van der Waals surface area contributed by atoms with E-state index in [-0.39, 0.29) is 43.4 Å². The first-order valence-electron chi connectivity index (χ1n) is 10.8. The molecule has 8 unspecified atom stereocenters. The molecular weight excluding hydrogens is 361 g/mol. The van der Waals surface area contributed by atoms with Gasteiger partial charge in [0.25, 0.3) is 0 Å². The fraction of sp³-hybridized carbons (Fsp3) is 0.900. The maximum absolute atomic E-state index is 15.9. The second-order valence-corrected chi connectivity index (χ2v) is 8.82. The van der Waals surface area contributed by atoms with Crippen LogP contribution in [0.15, 0.2) is 11.6 Å². The lowest BCUT2D eigenvalue weighted by atomic mass is 9.74. The minimum absolute atomic E-state index is 0.0440. The molecule has 0 aromatic heterocycles. The lowest BCUT2D eigenvalue weighted by molar-refractivity contribution is -0.0114. The summed E-state index contributed by atoms with van der Waals surface area (Å²) in [6.45, 7) is 4.36. The molecule has 7 nitrogen and oxygen atoms in total. The van der Waals surface area contributed by atoms with Crippen molar-refractivity contribution in [3.63, 3.8) is 0 Å². The van der Waals surface area contributed by atoms with Gasteiger partial charge in [0, 0.05) is 24.5 Å². The van der Waals surface area contributed by atoms with Crippen molar-refractivity contribution in [1.29, 1.82) is 0 Å². The second kappa shape index (κ2) is 9.04. The molecule has 3 heterocycles. The zero-order chi connectivity index (χ0) is 19.7. The van der Waals surface area contributed by atoms with E-state index >= 15 is 4.39 Å². The van der Waals surface area contributed by atoms with Crippen molar-refractivity contribution >= 4 is 0 Å². The summed E-state index contributed by atoms with van der Waals surface area (Å²) >= 11 is 0. The van der Waals surface area contributed by atoms with Gasteiger partial charge in [-0.25, -0.2) is 4.39 Å². The van der Waals surface area contributed by atoms with Crippen LogP contribution in [0.5, 0.6) is 0 Å². The van der Waals surface area contributed by atoms with Gasteiger partial charge in [-0.2, -0.15) is 0 Å². The summed E-state index contributed by atoms with van der Waals surface area (Å²) in [7, 11) is 4.07. The summed E-state index contributed by atoms with van der Waals surface area (Å²) in [4.78, 5) is 2.29. The molecule has 8 heteroatoms. The summed E-state index contributed by atoms with van der Waals surface area (Å²) in [6, 6.07) is 0.0789. The van der Waals surface area contributed by atoms with Crippen LogP contribution in [0.25, 0.3) is 0 Å². The van der Waals surface area contributed by atoms with Crippen molar-refractivity contribution < 1.29 is 13.9 Å². The van der Waals surface area contributed by atoms with Crippen LogP contribution in [-0.2, 0) is 9.47 Å². The number of halogens is 1. The highest BCUT2D eigenvalue weighted by Crippen LogP contribution is 2.41. The maximum Gasteiger partial charge on any atom is 0.147 e. The van der Waals surface area contributed by atoms with Crippen LogP contribution in [0.4, 0.5) is 4.39 Å². The Hall–Kier alpha value is -0.610. The van der Waals surface area contributed by atoms with E-state index in [1.165, 1.54) is 5.57 Å². The summed E-state index contributed by atoms with van der Waals surface area (Å²) in [6.07, 6.45) is 4.73. The van der Waals surface area contributed by atoms with Crippen LogP contribution < -0.4 is 21.3 Å². The molecule has 1 aliphatic carbocycles. The first kappa shape index (κ1) is 20.7. The van der Waals surface area contributed by atoms with Gasteiger partial charge in [-0.05, 0) is 53.2 Å². The summed E-state index contributed by atoms with van der Waals surface area (Å²) < 4.78 is 27.6. The van der Waals surface area contributed by atoms with Crippen LogP contribution in [0.2, 0.25) is 0 Å². The van der Waals surface area contributed by atoms with Crippen LogP contribution in [0, 0.1) is 5.92 Å². The molecule has 0 amide bonds. The third-order valence-electron chi connectivity index (χ3n) is 6.71. The van der Waals surface area contributed by atoms with Gasteiger partial charge in [0.1, 0.15) is 19.3 Å². The van der Waals surface area contributed by atoms with E-state index in [9.17, 15) is 0 Å². The fourth-order valence-electron chi connectivity index (χ4n) is 5.19. The second-order valence-electron chi connectivity index (χ2n) is 8.82.